The van der Waals surface area contributed by atoms with Crippen LogP contribution in [0.1, 0.15) is 40.4 Å². The first-order valence-electron chi connectivity index (χ1n) is 14.1. The minimum atomic E-state index is -0.400. The van der Waals surface area contributed by atoms with Gasteiger partial charge in [-0.25, -0.2) is 4.98 Å². The molecule has 9 nitrogen and oxygen atoms in total. The lowest BCUT2D eigenvalue weighted by molar-refractivity contribution is 0.0954. The molecular formula is C31H35N7O2. The third-order valence-electron chi connectivity index (χ3n) is 7.90. The summed E-state index contributed by atoms with van der Waals surface area (Å²) in [6.45, 7) is 7.55. The van der Waals surface area contributed by atoms with Crippen LogP contribution in [0.3, 0.4) is 0 Å². The smallest absolute Gasteiger partial charge is 0.256 e. The highest BCUT2D eigenvalue weighted by atomic mass is 16.2. The van der Waals surface area contributed by atoms with Gasteiger partial charge in [0.15, 0.2) is 5.65 Å². The Bertz CT molecular complexity index is 1610. The van der Waals surface area contributed by atoms with Crippen molar-refractivity contribution in [2.24, 2.45) is 0 Å². The number of benzene rings is 2. The second-order valence-corrected chi connectivity index (χ2v) is 10.7. The van der Waals surface area contributed by atoms with Gasteiger partial charge in [-0.1, -0.05) is 18.2 Å². The number of likely N-dealkylation sites (N-methyl/N-ethyl adjacent to an activating group) is 1. The molecule has 0 saturated carbocycles. The summed E-state index contributed by atoms with van der Waals surface area (Å²) < 4.78 is 1.84. The molecule has 1 aliphatic heterocycles. The van der Waals surface area contributed by atoms with Crippen LogP contribution in [-0.4, -0.2) is 70.0 Å². The number of fused-ring (bicyclic) bond motifs is 2. The molecule has 4 aromatic rings. The van der Waals surface area contributed by atoms with Gasteiger partial charge in [0, 0.05) is 63.0 Å². The number of nitrogens with zero attached hydrogens (tertiary/aromatic N) is 5. The number of piperazine rings is 1. The molecule has 1 amide bonds. The minimum Gasteiger partial charge on any atom is -0.352 e. The number of nitrogens with one attached hydrogen (secondary N) is 2. The van der Waals surface area contributed by atoms with E-state index in [4.69, 9.17) is 4.98 Å². The molecule has 2 aromatic carbocycles. The van der Waals surface area contributed by atoms with Gasteiger partial charge < -0.3 is 20.1 Å². The predicted octanol–water partition coefficient (Wildman–Crippen LogP) is 3.51. The van der Waals surface area contributed by atoms with E-state index in [1.54, 1.807) is 6.20 Å². The van der Waals surface area contributed by atoms with Gasteiger partial charge in [-0.2, -0.15) is 4.98 Å². The van der Waals surface area contributed by atoms with Gasteiger partial charge in [0.1, 0.15) is 5.56 Å². The Balaban J connectivity index is 1.32. The van der Waals surface area contributed by atoms with E-state index in [0.29, 0.717) is 23.5 Å². The number of carbonyl (C=O) groups excluding carboxylic acids is 1. The number of aromatic nitrogens is 3. The molecule has 3 heterocycles. The molecule has 2 aliphatic rings. The second-order valence-electron chi connectivity index (χ2n) is 10.7. The van der Waals surface area contributed by atoms with Crippen molar-refractivity contribution < 1.29 is 4.79 Å². The van der Waals surface area contributed by atoms with Crippen molar-refractivity contribution in [1.29, 1.82) is 0 Å². The van der Waals surface area contributed by atoms with Gasteiger partial charge in [-0.05, 0) is 74.2 Å². The maximum Gasteiger partial charge on any atom is 0.256 e. The van der Waals surface area contributed by atoms with Crippen molar-refractivity contribution in [3.63, 3.8) is 0 Å². The number of hydrogen-bond donors (Lipinski definition) is 2. The number of amides is 1. The van der Waals surface area contributed by atoms with E-state index in [-0.39, 0.29) is 11.0 Å². The van der Waals surface area contributed by atoms with Crippen LogP contribution in [0.4, 0.5) is 11.6 Å². The Morgan fingerprint density at radius 3 is 2.55 bits per heavy atom. The molecular weight excluding hydrogens is 502 g/mol. The largest absolute Gasteiger partial charge is 0.352 e. The van der Waals surface area contributed by atoms with Crippen molar-refractivity contribution >= 4 is 28.6 Å². The topological polar surface area (TPSA) is 95.4 Å². The summed E-state index contributed by atoms with van der Waals surface area (Å²) in [7, 11) is 2.17. The number of pyridine rings is 1. The van der Waals surface area contributed by atoms with Crippen LogP contribution >= 0.6 is 0 Å². The molecule has 0 unspecified atom stereocenters. The van der Waals surface area contributed by atoms with Gasteiger partial charge in [-0.3, -0.25) is 14.5 Å². The molecule has 2 aromatic heterocycles. The van der Waals surface area contributed by atoms with E-state index in [0.717, 1.165) is 63.4 Å². The van der Waals surface area contributed by atoms with Crippen LogP contribution in [-0.2, 0) is 19.4 Å². The predicted molar refractivity (Wildman–Crippen MR) is 158 cm³/mol. The summed E-state index contributed by atoms with van der Waals surface area (Å²) >= 11 is 0. The lowest BCUT2D eigenvalue weighted by atomic mass is 10.1. The molecule has 206 valence electrons. The minimum absolute atomic E-state index is 0.0788. The van der Waals surface area contributed by atoms with Gasteiger partial charge in [0.25, 0.3) is 5.91 Å². The Morgan fingerprint density at radius 2 is 1.77 bits per heavy atom. The fourth-order valence-electron chi connectivity index (χ4n) is 5.58. The first-order chi connectivity index (χ1) is 19.5. The highest BCUT2D eigenvalue weighted by molar-refractivity contribution is 5.97. The molecule has 1 saturated heterocycles. The summed E-state index contributed by atoms with van der Waals surface area (Å²) in [5.41, 5.74) is 5.81. The number of hydrogen-bond acceptors (Lipinski definition) is 7. The summed E-state index contributed by atoms with van der Waals surface area (Å²) in [4.78, 5) is 40.1. The highest BCUT2D eigenvalue weighted by Gasteiger charge is 2.19. The zero-order chi connectivity index (χ0) is 27.6. The van der Waals surface area contributed by atoms with E-state index in [9.17, 15) is 9.59 Å². The number of rotatable bonds is 7. The quantitative estimate of drug-likeness (QED) is 0.373. The molecule has 0 atom stereocenters. The van der Waals surface area contributed by atoms with Crippen molar-refractivity contribution in [1.82, 2.24) is 29.7 Å². The molecule has 1 fully saturated rings. The standard InChI is InChI=1S/C31H35N7O2/c1-3-32-30(40)27-20-38(25-12-9-22-5-4-6-23(22)17-25)29-26(28(27)39)18-33-31(35-29)34-24-10-7-21(8-11-24)19-37-15-13-36(2)14-16-37/h7-12,17-18,20H,3-6,13-16,19H2,1-2H3,(H,32,40)(H,33,34,35). The second kappa shape index (κ2) is 11.2. The highest BCUT2D eigenvalue weighted by Crippen LogP contribution is 2.26. The molecule has 9 heteroatoms. The Hall–Kier alpha value is -4.08. The molecule has 2 N–H and O–H groups in total. The number of carbonyl (C=O) groups is 1. The third-order valence-corrected chi connectivity index (χ3v) is 7.90. The fourth-order valence-corrected chi connectivity index (χ4v) is 5.58. The maximum atomic E-state index is 13.3. The van der Waals surface area contributed by atoms with Gasteiger partial charge >= 0.3 is 0 Å². The normalized spacial score (nSPS) is 15.8. The van der Waals surface area contributed by atoms with E-state index < -0.39 is 5.91 Å². The van der Waals surface area contributed by atoms with Crippen molar-refractivity contribution in [2.45, 2.75) is 32.7 Å². The van der Waals surface area contributed by atoms with E-state index >= 15 is 0 Å². The van der Waals surface area contributed by atoms with Crippen molar-refractivity contribution in [3.8, 4) is 5.69 Å². The number of anilines is 2. The molecule has 0 bridgehead atoms. The summed E-state index contributed by atoms with van der Waals surface area (Å²) in [5, 5.41) is 6.35. The Kier molecular flexibility index (Phi) is 7.32. The maximum absolute atomic E-state index is 13.3. The van der Waals surface area contributed by atoms with Crippen LogP contribution in [0.2, 0.25) is 0 Å². The van der Waals surface area contributed by atoms with E-state index in [1.807, 2.05) is 29.7 Å². The Labute approximate surface area is 233 Å². The van der Waals surface area contributed by atoms with E-state index in [1.165, 1.54) is 22.9 Å². The first-order valence-corrected chi connectivity index (χ1v) is 14.1. The zero-order valence-corrected chi connectivity index (χ0v) is 23.1. The van der Waals surface area contributed by atoms with Gasteiger partial charge in [0.05, 0.1) is 5.39 Å². The average molecular weight is 538 g/mol. The van der Waals surface area contributed by atoms with Gasteiger partial charge in [-0.15, -0.1) is 0 Å². The van der Waals surface area contributed by atoms with Crippen molar-refractivity contribution in [2.75, 3.05) is 45.1 Å². The summed E-state index contributed by atoms with van der Waals surface area (Å²) in [6.07, 6.45) is 6.36. The average Bonchev–Trinajstić information content (AvgIpc) is 3.44. The van der Waals surface area contributed by atoms with Crippen LogP contribution in [0.5, 0.6) is 0 Å². The molecule has 1 aliphatic carbocycles. The fraction of sp³-hybridized carbons (Fsp3) is 0.355. The molecule has 6 rings (SSSR count). The molecule has 40 heavy (non-hydrogen) atoms. The lowest BCUT2D eigenvalue weighted by Gasteiger charge is -2.32. The summed E-state index contributed by atoms with van der Waals surface area (Å²) in [6, 6.07) is 14.6. The molecule has 0 radical (unpaired) electrons. The van der Waals surface area contributed by atoms with E-state index in [2.05, 4.69) is 56.7 Å². The summed E-state index contributed by atoms with van der Waals surface area (Å²) in [5.74, 6) is -0.0115. The zero-order valence-electron chi connectivity index (χ0n) is 23.1. The first kappa shape index (κ1) is 26.2. The van der Waals surface area contributed by atoms with Crippen LogP contribution < -0.4 is 16.1 Å². The monoisotopic (exact) mass is 537 g/mol. The third kappa shape index (κ3) is 5.35. The SMILES string of the molecule is CCNC(=O)c1cn(-c2ccc3c(c2)CCC3)c2nc(Nc3ccc(CN4CCN(C)CC4)cc3)ncc2c1=O. The number of aryl methyl sites for hydroxylation is 2. The van der Waals surface area contributed by atoms with Crippen molar-refractivity contribution in [3.05, 3.63) is 87.3 Å². The van der Waals surface area contributed by atoms with Gasteiger partial charge in [0.2, 0.25) is 11.4 Å². The Morgan fingerprint density at radius 1 is 1.00 bits per heavy atom. The lowest BCUT2D eigenvalue weighted by Crippen LogP contribution is -2.43. The van der Waals surface area contributed by atoms with Crippen LogP contribution in [0.15, 0.2) is 59.7 Å². The van der Waals surface area contributed by atoms with Crippen LogP contribution in [0.25, 0.3) is 16.7 Å². The van der Waals surface area contributed by atoms with Crippen LogP contribution in [0, 0.1) is 0 Å². The molecule has 0 spiro atoms.